The zero-order chi connectivity index (χ0) is 17.1. The van der Waals surface area contributed by atoms with E-state index in [-0.39, 0.29) is 42.4 Å². The van der Waals surface area contributed by atoms with Crippen LogP contribution in [0.1, 0.15) is 11.5 Å². The molecule has 1 aliphatic rings. The van der Waals surface area contributed by atoms with E-state index in [1.54, 1.807) is 4.90 Å². The van der Waals surface area contributed by atoms with E-state index >= 15 is 0 Å². The predicted octanol–water partition coefficient (Wildman–Crippen LogP) is 1.41. The molecule has 1 amide bonds. The van der Waals surface area contributed by atoms with Crippen molar-refractivity contribution in [1.29, 1.82) is 0 Å². The van der Waals surface area contributed by atoms with Crippen molar-refractivity contribution in [2.75, 3.05) is 19.6 Å². The first kappa shape index (κ1) is 18.9. The molecule has 0 unspecified atom stereocenters. The van der Waals surface area contributed by atoms with Crippen LogP contribution in [-0.2, 0) is 11.3 Å². The third-order valence-corrected chi connectivity index (χ3v) is 4.45. The van der Waals surface area contributed by atoms with Crippen LogP contribution in [0.2, 0.25) is 0 Å². The van der Waals surface area contributed by atoms with E-state index < -0.39 is 4.92 Å². The molecule has 1 saturated heterocycles. The summed E-state index contributed by atoms with van der Waals surface area (Å²) in [7, 11) is 0. The highest BCUT2D eigenvalue weighted by Gasteiger charge is 2.35. The Hall–Kier alpha value is -2.45. The van der Waals surface area contributed by atoms with Crippen LogP contribution >= 0.6 is 12.4 Å². The molecule has 0 saturated carbocycles. The Morgan fingerprint density at radius 2 is 2.04 bits per heavy atom. The Labute approximate surface area is 151 Å². The first-order valence-electron chi connectivity index (χ1n) is 7.78. The van der Waals surface area contributed by atoms with Gasteiger partial charge in [0, 0.05) is 19.0 Å². The minimum Gasteiger partial charge on any atom is -0.340 e. The summed E-state index contributed by atoms with van der Waals surface area (Å²) < 4.78 is 1.30. The largest absolute Gasteiger partial charge is 0.340 e. The lowest BCUT2D eigenvalue weighted by molar-refractivity contribution is -0.385. The van der Waals surface area contributed by atoms with E-state index in [4.69, 9.17) is 5.73 Å². The summed E-state index contributed by atoms with van der Waals surface area (Å²) in [6.45, 7) is 1.70. The van der Waals surface area contributed by atoms with Gasteiger partial charge < -0.3 is 10.6 Å². The Balaban J connectivity index is 0.00000225. The van der Waals surface area contributed by atoms with Crippen LogP contribution in [0.15, 0.2) is 42.7 Å². The SMILES string of the molecule is Cl.NC[C@@H]1CN(C(=O)Cn2cc([N+](=O)[O-])cn2)C[C@H]1c1ccccc1. The van der Waals surface area contributed by atoms with E-state index in [0.717, 1.165) is 6.20 Å². The van der Waals surface area contributed by atoms with Crippen molar-refractivity contribution >= 4 is 24.0 Å². The molecule has 0 aliphatic carbocycles. The second-order valence-electron chi connectivity index (χ2n) is 5.96. The summed E-state index contributed by atoms with van der Waals surface area (Å²) in [4.78, 5) is 24.4. The van der Waals surface area contributed by atoms with Crippen LogP contribution in [0.4, 0.5) is 5.69 Å². The molecule has 134 valence electrons. The number of hydrogen-bond acceptors (Lipinski definition) is 5. The van der Waals surface area contributed by atoms with Crippen LogP contribution in [0.5, 0.6) is 0 Å². The van der Waals surface area contributed by atoms with Crippen molar-refractivity contribution in [3.05, 3.63) is 58.4 Å². The number of hydrogen-bond donors (Lipinski definition) is 1. The van der Waals surface area contributed by atoms with Gasteiger partial charge in [-0.25, -0.2) is 0 Å². The first-order chi connectivity index (χ1) is 11.6. The molecule has 2 N–H and O–H groups in total. The van der Waals surface area contributed by atoms with Crippen LogP contribution in [0, 0.1) is 16.0 Å². The molecule has 2 heterocycles. The Bertz CT molecular complexity index is 736. The molecule has 1 fully saturated rings. The number of nitro groups is 1. The van der Waals surface area contributed by atoms with Crippen molar-refractivity contribution in [3.8, 4) is 0 Å². The number of benzene rings is 1. The van der Waals surface area contributed by atoms with Gasteiger partial charge in [0.05, 0.1) is 4.92 Å². The minimum atomic E-state index is -0.528. The lowest BCUT2D eigenvalue weighted by Crippen LogP contribution is -2.32. The highest BCUT2D eigenvalue weighted by molar-refractivity contribution is 5.85. The van der Waals surface area contributed by atoms with E-state index in [0.29, 0.717) is 19.6 Å². The van der Waals surface area contributed by atoms with Gasteiger partial charge in [-0.3, -0.25) is 19.6 Å². The smallest absolute Gasteiger partial charge is 0.307 e. The van der Waals surface area contributed by atoms with E-state index in [2.05, 4.69) is 17.2 Å². The molecule has 1 aliphatic heterocycles. The molecule has 1 aromatic heterocycles. The fraction of sp³-hybridized carbons (Fsp3) is 0.375. The Morgan fingerprint density at radius 3 is 2.64 bits per heavy atom. The van der Waals surface area contributed by atoms with Crippen molar-refractivity contribution < 1.29 is 9.72 Å². The van der Waals surface area contributed by atoms with Gasteiger partial charge in [0.2, 0.25) is 5.91 Å². The van der Waals surface area contributed by atoms with E-state index in [1.807, 2.05) is 18.2 Å². The lowest BCUT2D eigenvalue weighted by Gasteiger charge is -2.16. The van der Waals surface area contributed by atoms with Gasteiger partial charge in [-0.1, -0.05) is 30.3 Å². The summed E-state index contributed by atoms with van der Waals surface area (Å²) in [5.74, 6) is 0.320. The molecular formula is C16H20ClN5O3. The molecule has 2 atom stereocenters. The highest BCUT2D eigenvalue weighted by Crippen LogP contribution is 2.32. The van der Waals surface area contributed by atoms with Crippen molar-refractivity contribution in [2.24, 2.45) is 11.7 Å². The highest BCUT2D eigenvalue weighted by atomic mass is 35.5. The number of likely N-dealkylation sites (tertiary alicyclic amines) is 1. The topological polar surface area (TPSA) is 107 Å². The average Bonchev–Trinajstić information content (AvgIpc) is 3.22. The monoisotopic (exact) mass is 365 g/mol. The third-order valence-electron chi connectivity index (χ3n) is 4.45. The molecule has 0 radical (unpaired) electrons. The molecule has 0 bridgehead atoms. The first-order valence-corrected chi connectivity index (χ1v) is 7.78. The third kappa shape index (κ3) is 4.15. The zero-order valence-corrected chi connectivity index (χ0v) is 14.3. The lowest BCUT2D eigenvalue weighted by atomic mass is 9.89. The number of aromatic nitrogens is 2. The molecule has 0 spiro atoms. The number of carbonyl (C=O) groups is 1. The van der Waals surface area contributed by atoms with Gasteiger partial charge in [0.15, 0.2) is 0 Å². The summed E-state index contributed by atoms with van der Waals surface area (Å²) in [6.07, 6.45) is 2.41. The van der Waals surface area contributed by atoms with Gasteiger partial charge >= 0.3 is 5.69 Å². The molecule has 2 aromatic rings. The van der Waals surface area contributed by atoms with Gasteiger partial charge in [0.25, 0.3) is 0 Å². The zero-order valence-electron chi connectivity index (χ0n) is 13.5. The molecule has 9 heteroatoms. The van der Waals surface area contributed by atoms with Crippen molar-refractivity contribution in [2.45, 2.75) is 12.5 Å². The number of nitrogens with zero attached hydrogens (tertiary/aromatic N) is 4. The number of nitrogens with two attached hydrogens (primary N) is 1. The normalized spacial score (nSPS) is 19.5. The summed E-state index contributed by atoms with van der Waals surface area (Å²) in [5, 5.41) is 14.5. The average molecular weight is 366 g/mol. The molecular weight excluding hydrogens is 346 g/mol. The molecule has 8 nitrogen and oxygen atoms in total. The van der Waals surface area contributed by atoms with Crippen molar-refractivity contribution in [1.82, 2.24) is 14.7 Å². The van der Waals surface area contributed by atoms with Crippen LogP contribution < -0.4 is 5.73 Å². The molecule has 25 heavy (non-hydrogen) atoms. The van der Waals surface area contributed by atoms with Gasteiger partial charge in [-0.15, -0.1) is 12.4 Å². The number of carbonyl (C=O) groups excluding carboxylic acids is 1. The maximum absolute atomic E-state index is 12.5. The summed E-state index contributed by atoms with van der Waals surface area (Å²) >= 11 is 0. The van der Waals surface area contributed by atoms with Gasteiger partial charge in [-0.2, -0.15) is 5.10 Å². The fourth-order valence-electron chi connectivity index (χ4n) is 3.16. The minimum absolute atomic E-state index is 0. The Kier molecular flexibility index (Phi) is 6.11. The standard InChI is InChI=1S/C16H19N5O3.ClH/c17-6-13-8-19(10-15(13)12-4-2-1-3-5-12)16(22)11-20-9-14(7-18-20)21(23)24;/h1-5,7,9,13,15H,6,8,10-11,17H2;1H/t13-,15+;/m1./s1. The maximum Gasteiger partial charge on any atom is 0.307 e. The molecule has 1 aromatic carbocycles. The van der Waals surface area contributed by atoms with Crippen molar-refractivity contribution in [3.63, 3.8) is 0 Å². The number of halogens is 1. The van der Waals surface area contributed by atoms with Crippen LogP contribution in [0.25, 0.3) is 0 Å². The quantitative estimate of drug-likeness (QED) is 0.636. The second-order valence-corrected chi connectivity index (χ2v) is 5.96. The van der Waals surface area contributed by atoms with Gasteiger partial charge in [-0.05, 0) is 18.0 Å². The maximum atomic E-state index is 12.5. The van der Waals surface area contributed by atoms with Crippen LogP contribution in [0.3, 0.4) is 0 Å². The van der Waals surface area contributed by atoms with E-state index in [9.17, 15) is 14.9 Å². The number of rotatable bonds is 5. The summed E-state index contributed by atoms with van der Waals surface area (Å²) in [6, 6.07) is 10.0. The summed E-state index contributed by atoms with van der Waals surface area (Å²) in [5.41, 5.74) is 6.94. The van der Waals surface area contributed by atoms with Crippen LogP contribution in [-0.4, -0.2) is 45.1 Å². The molecule has 3 rings (SSSR count). The second kappa shape index (κ2) is 8.09. The van der Waals surface area contributed by atoms with Gasteiger partial charge in [0.1, 0.15) is 18.9 Å². The predicted molar refractivity (Wildman–Crippen MR) is 94.4 cm³/mol. The number of amides is 1. The Morgan fingerprint density at radius 1 is 1.32 bits per heavy atom. The fourth-order valence-corrected chi connectivity index (χ4v) is 3.16. The van der Waals surface area contributed by atoms with E-state index in [1.165, 1.54) is 16.4 Å².